The molecular weight excluding hydrogens is 301 g/mol. The molecule has 0 saturated carbocycles. The van der Waals surface area contributed by atoms with E-state index in [2.05, 4.69) is 15.3 Å². The number of hydrogen-bond acceptors (Lipinski definition) is 4. The number of carbonyl (C=O) groups excluding carboxylic acids is 2. The predicted molar refractivity (Wildman–Crippen MR) is 81.4 cm³/mol. The van der Waals surface area contributed by atoms with Gasteiger partial charge in [0.1, 0.15) is 5.82 Å². The Bertz CT molecular complexity index is 876. The Morgan fingerprint density at radius 1 is 1.22 bits per heavy atom. The molecule has 0 aliphatic carbocycles. The van der Waals surface area contributed by atoms with E-state index in [1.165, 1.54) is 24.5 Å². The van der Waals surface area contributed by atoms with Crippen LogP contribution in [0.25, 0.3) is 11.0 Å². The first kappa shape index (κ1) is 14.7. The molecule has 0 spiro atoms. The topological polar surface area (TPSA) is 84.1 Å². The number of benzene rings is 2. The molecule has 3 rings (SSSR count). The SMILES string of the molecule is O=C(COC(=O)c1ccc2nc[nH]c2c1)Nc1ccccc1F. The number of carbonyl (C=O) groups is 2. The fourth-order valence-electron chi connectivity index (χ4n) is 2.03. The number of anilines is 1. The largest absolute Gasteiger partial charge is 0.452 e. The van der Waals surface area contributed by atoms with E-state index in [9.17, 15) is 14.0 Å². The van der Waals surface area contributed by atoms with Crippen LogP contribution in [0, 0.1) is 5.82 Å². The van der Waals surface area contributed by atoms with Gasteiger partial charge in [-0.05, 0) is 30.3 Å². The molecule has 3 aromatic rings. The molecule has 0 fully saturated rings. The molecule has 1 heterocycles. The maximum Gasteiger partial charge on any atom is 0.338 e. The van der Waals surface area contributed by atoms with Crippen molar-refractivity contribution in [2.45, 2.75) is 0 Å². The van der Waals surface area contributed by atoms with E-state index in [4.69, 9.17) is 4.74 Å². The summed E-state index contributed by atoms with van der Waals surface area (Å²) in [6.07, 6.45) is 1.52. The minimum Gasteiger partial charge on any atom is -0.452 e. The van der Waals surface area contributed by atoms with Gasteiger partial charge in [-0.15, -0.1) is 0 Å². The van der Waals surface area contributed by atoms with Crippen molar-refractivity contribution < 1.29 is 18.7 Å². The van der Waals surface area contributed by atoms with Gasteiger partial charge in [0.05, 0.1) is 28.6 Å². The summed E-state index contributed by atoms with van der Waals surface area (Å²) < 4.78 is 18.3. The molecule has 0 aliphatic heterocycles. The second-order valence-electron chi connectivity index (χ2n) is 4.74. The zero-order valence-electron chi connectivity index (χ0n) is 11.9. The maximum atomic E-state index is 13.4. The molecular formula is C16H12FN3O3. The van der Waals surface area contributed by atoms with Crippen LogP contribution in [-0.2, 0) is 9.53 Å². The number of aromatic amines is 1. The molecule has 7 heteroatoms. The van der Waals surface area contributed by atoms with Crippen molar-refractivity contribution in [3.8, 4) is 0 Å². The smallest absolute Gasteiger partial charge is 0.338 e. The number of hydrogen-bond donors (Lipinski definition) is 2. The molecule has 116 valence electrons. The Morgan fingerprint density at radius 2 is 2.04 bits per heavy atom. The van der Waals surface area contributed by atoms with Crippen LogP contribution >= 0.6 is 0 Å². The van der Waals surface area contributed by atoms with Crippen molar-refractivity contribution in [3.63, 3.8) is 0 Å². The maximum absolute atomic E-state index is 13.4. The van der Waals surface area contributed by atoms with E-state index < -0.39 is 24.3 Å². The summed E-state index contributed by atoms with van der Waals surface area (Å²) in [7, 11) is 0. The average Bonchev–Trinajstić information content (AvgIpc) is 3.02. The lowest BCUT2D eigenvalue weighted by Gasteiger charge is -2.07. The molecule has 2 aromatic carbocycles. The van der Waals surface area contributed by atoms with Gasteiger partial charge in [0.15, 0.2) is 6.61 Å². The summed E-state index contributed by atoms with van der Waals surface area (Å²) in [6, 6.07) is 10.5. The first-order valence-corrected chi connectivity index (χ1v) is 6.78. The molecule has 0 radical (unpaired) electrons. The summed E-state index contributed by atoms with van der Waals surface area (Å²) in [5.74, 6) is -1.83. The van der Waals surface area contributed by atoms with Crippen LogP contribution < -0.4 is 5.32 Å². The van der Waals surface area contributed by atoms with E-state index >= 15 is 0 Å². The van der Waals surface area contributed by atoms with E-state index in [1.807, 2.05) is 0 Å². The van der Waals surface area contributed by atoms with Crippen molar-refractivity contribution in [2.24, 2.45) is 0 Å². The van der Waals surface area contributed by atoms with E-state index in [-0.39, 0.29) is 5.69 Å². The molecule has 2 N–H and O–H groups in total. The van der Waals surface area contributed by atoms with Crippen molar-refractivity contribution in [1.29, 1.82) is 0 Å². The summed E-state index contributed by atoms with van der Waals surface area (Å²) in [5, 5.41) is 2.34. The third-order valence-electron chi connectivity index (χ3n) is 3.14. The highest BCUT2D eigenvalue weighted by molar-refractivity contribution is 5.97. The lowest BCUT2D eigenvalue weighted by Crippen LogP contribution is -2.21. The van der Waals surface area contributed by atoms with E-state index in [0.29, 0.717) is 11.1 Å². The zero-order chi connectivity index (χ0) is 16.2. The zero-order valence-corrected chi connectivity index (χ0v) is 11.9. The number of ether oxygens (including phenoxy) is 1. The molecule has 1 amide bonds. The highest BCUT2D eigenvalue weighted by Gasteiger charge is 2.12. The molecule has 0 bridgehead atoms. The van der Waals surface area contributed by atoms with Crippen LogP contribution in [-0.4, -0.2) is 28.5 Å². The Morgan fingerprint density at radius 3 is 2.87 bits per heavy atom. The van der Waals surface area contributed by atoms with E-state index in [1.54, 1.807) is 24.3 Å². The molecule has 0 atom stereocenters. The molecule has 0 saturated heterocycles. The number of aromatic nitrogens is 2. The van der Waals surface area contributed by atoms with Crippen LogP contribution in [0.2, 0.25) is 0 Å². The fraction of sp³-hybridized carbons (Fsp3) is 0.0625. The molecule has 23 heavy (non-hydrogen) atoms. The number of H-pyrrole nitrogens is 1. The molecule has 0 aliphatic rings. The van der Waals surface area contributed by atoms with Gasteiger partial charge in [-0.1, -0.05) is 12.1 Å². The number of esters is 1. The average molecular weight is 313 g/mol. The number of imidazole rings is 1. The fourth-order valence-corrected chi connectivity index (χ4v) is 2.03. The van der Waals surface area contributed by atoms with Crippen LogP contribution in [0.15, 0.2) is 48.8 Å². The minimum absolute atomic E-state index is 0.0347. The van der Waals surface area contributed by atoms with Crippen molar-refractivity contribution >= 4 is 28.6 Å². The molecule has 0 unspecified atom stereocenters. The van der Waals surface area contributed by atoms with E-state index in [0.717, 1.165) is 5.52 Å². The number of nitrogens with one attached hydrogen (secondary N) is 2. The second kappa shape index (κ2) is 6.27. The van der Waals surface area contributed by atoms with Gasteiger partial charge in [0.2, 0.25) is 0 Å². The Kier molecular flexibility index (Phi) is 4.01. The van der Waals surface area contributed by atoms with Crippen molar-refractivity contribution in [1.82, 2.24) is 9.97 Å². The number of fused-ring (bicyclic) bond motifs is 1. The number of nitrogens with zero attached hydrogens (tertiary/aromatic N) is 1. The van der Waals surface area contributed by atoms with Crippen LogP contribution in [0.4, 0.5) is 10.1 Å². The van der Waals surface area contributed by atoms with Crippen LogP contribution in [0.5, 0.6) is 0 Å². The Balaban J connectivity index is 1.60. The van der Waals surface area contributed by atoms with Gasteiger partial charge < -0.3 is 15.0 Å². The van der Waals surface area contributed by atoms with Gasteiger partial charge in [-0.25, -0.2) is 14.2 Å². The van der Waals surface area contributed by atoms with Gasteiger partial charge in [-0.2, -0.15) is 0 Å². The lowest BCUT2D eigenvalue weighted by atomic mass is 10.2. The molecule has 6 nitrogen and oxygen atoms in total. The molecule has 1 aromatic heterocycles. The lowest BCUT2D eigenvalue weighted by molar-refractivity contribution is -0.119. The third kappa shape index (κ3) is 3.34. The number of halogens is 1. The van der Waals surface area contributed by atoms with Crippen LogP contribution in [0.1, 0.15) is 10.4 Å². The number of rotatable bonds is 4. The minimum atomic E-state index is -0.648. The van der Waals surface area contributed by atoms with Crippen molar-refractivity contribution in [2.75, 3.05) is 11.9 Å². The van der Waals surface area contributed by atoms with Gasteiger partial charge in [0, 0.05) is 0 Å². The Labute approximate surface area is 130 Å². The second-order valence-corrected chi connectivity index (χ2v) is 4.74. The first-order chi connectivity index (χ1) is 11.1. The summed E-state index contributed by atoms with van der Waals surface area (Å²) in [5.41, 5.74) is 1.74. The van der Waals surface area contributed by atoms with Crippen molar-refractivity contribution in [3.05, 3.63) is 60.2 Å². The summed E-state index contributed by atoms with van der Waals surface area (Å²) in [6.45, 7) is -0.506. The standard InChI is InChI=1S/C16H12FN3O3/c17-11-3-1-2-4-12(11)20-15(21)8-23-16(22)10-5-6-13-14(7-10)19-9-18-13/h1-7,9H,8H2,(H,18,19)(H,20,21). The third-order valence-corrected chi connectivity index (χ3v) is 3.14. The number of para-hydroxylation sites is 1. The van der Waals surface area contributed by atoms with Crippen LogP contribution in [0.3, 0.4) is 0 Å². The highest BCUT2D eigenvalue weighted by Crippen LogP contribution is 2.14. The highest BCUT2D eigenvalue weighted by atomic mass is 19.1. The summed E-state index contributed by atoms with van der Waals surface area (Å²) in [4.78, 5) is 30.5. The van der Waals surface area contributed by atoms with Gasteiger partial charge in [-0.3, -0.25) is 4.79 Å². The van der Waals surface area contributed by atoms with Gasteiger partial charge >= 0.3 is 5.97 Å². The normalized spacial score (nSPS) is 10.5. The summed E-state index contributed by atoms with van der Waals surface area (Å²) >= 11 is 0. The quantitative estimate of drug-likeness (QED) is 0.725. The number of amides is 1. The Hall–Kier alpha value is -3.22. The predicted octanol–water partition coefficient (Wildman–Crippen LogP) is 2.50. The monoisotopic (exact) mass is 313 g/mol. The van der Waals surface area contributed by atoms with Gasteiger partial charge in [0.25, 0.3) is 5.91 Å². The first-order valence-electron chi connectivity index (χ1n) is 6.78.